The number of anilines is 6. The molecule has 0 spiro atoms. The minimum atomic E-state index is -1.00. The Morgan fingerprint density at radius 2 is 0.607 bits per heavy atom. The quantitative estimate of drug-likeness (QED) is 0.0902. The number of benzene rings is 14. The van der Waals surface area contributed by atoms with Crippen LogP contribution in [-0.2, 0) is 21.7 Å². The van der Waals surface area contributed by atoms with E-state index in [2.05, 4.69) is 200 Å². The van der Waals surface area contributed by atoms with Crippen LogP contribution in [0.3, 0.4) is 0 Å². The summed E-state index contributed by atoms with van der Waals surface area (Å²) in [6.45, 7) is 21.1. The fourth-order valence-corrected chi connectivity index (χ4v) is 16.2. The van der Waals surface area contributed by atoms with Gasteiger partial charge in [-0.1, -0.05) is 225 Å². The molecule has 2 atom stereocenters. The largest absolute Gasteiger partial charge is 0.457 e. The average molecular weight is 1400 g/mol. The number of ether oxygens (including phenoxy) is 2. The predicted octanol–water partition coefficient (Wildman–Crippen LogP) is 27.3. The van der Waals surface area contributed by atoms with E-state index in [4.69, 9.17) is 13.9 Å². The molecule has 2 aliphatic carbocycles. The number of halogens is 4. The summed E-state index contributed by atoms with van der Waals surface area (Å²) < 4.78 is 82.5. The van der Waals surface area contributed by atoms with Crippen molar-refractivity contribution in [1.29, 1.82) is 0 Å². The Bertz CT molecular complexity index is 5620. The van der Waals surface area contributed by atoms with E-state index >= 15 is 17.6 Å². The first kappa shape index (κ1) is 67.5. The van der Waals surface area contributed by atoms with Crippen LogP contribution in [0.4, 0.5) is 51.7 Å². The van der Waals surface area contributed by atoms with E-state index in [0.29, 0.717) is 68.3 Å². The first-order valence-corrected chi connectivity index (χ1v) is 36.0. The second kappa shape index (κ2) is 26.2. The maximum Gasteiger partial charge on any atom is 0.160 e. The van der Waals surface area contributed by atoms with Crippen LogP contribution in [0.15, 0.2) is 321 Å². The molecule has 0 aliphatic heterocycles. The van der Waals surface area contributed by atoms with Gasteiger partial charge < -0.3 is 23.7 Å². The lowest BCUT2D eigenvalue weighted by atomic mass is 9.67. The fraction of sp³-hybridized carbons (Fsp3) is 0.102. The van der Waals surface area contributed by atoms with Crippen LogP contribution < -0.4 is 19.3 Å². The summed E-state index contributed by atoms with van der Waals surface area (Å²) in [5, 5.41) is 1.59. The monoisotopic (exact) mass is 1400 g/mol. The molecule has 0 fully saturated rings. The minimum absolute atomic E-state index is 0.119. The van der Waals surface area contributed by atoms with Crippen LogP contribution in [-0.4, -0.2) is 0 Å². The summed E-state index contributed by atoms with van der Waals surface area (Å²) in [5.74, 6) is -1.22. The Kier molecular flexibility index (Phi) is 16.5. The lowest BCUT2D eigenvalue weighted by molar-refractivity contribution is 0.482. The van der Waals surface area contributed by atoms with Gasteiger partial charge in [-0.25, -0.2) is 17.6 Å². The second-order valence-electron chi connectivity index (χ2n) is 29.8. The van der Waals surface area contributed by atoms with Gasteiger partial charge in [-0.15, -0.1) is 0 Å². The summed E-state index contributed by atoms with van der Waals surface area (Å²) in [4.78, 5) is 3.88. The van der Waals surface area contributed by atoms with Crippen LogP contribution >= 0.6 is 0 Å². The molecule has 14 aromatic carbocycles. The number of rotatable bonds is 16. The molecule has 1 aromatic heterocycles. The molecule has 15 aromatic rings. The highest BCUT2D eigenvalue weighted by Crippen LogP contribution is 2.60. The Balaban J connectivity index is 0.801. The molecule has 5 nitrogen and oxygen atoms in total. The topological polar surface area (TPSA) is 38.1 Å². The highest BCUT2D eigenvalue weighted by molar-refractivity contribution is 6.08. The Morgan fingerprint density at radius 1 is 0.308 bits per heavy atom. The van der Waals surface area contributed by atoms with Crippen molar-refractivity contribution < 1.29 is 31.5 Å². The van der Waals surface area contributed by atoms with Gasteiger partial charge in [0, 0.05) is 69.2 Å². The Hall–Kier alpha value is -12.7. The molecule has 1 heterocycles. The zero-order valence-corrected chi connectivity index (χ0v) is 60.1. The van der Waals surface area contributed by atoms with Crippen LogP contribution in [0.5, 0.6) is 23.0 Å². The number of hydrogen-bond donors (Lipinski definition) is 0. The molecule has 0 saturated heterocycles. The summed E-state index contributed by atoms with van der Waals surface area (Å²) in [6.07, 6.45) is 3.60. The van der Waals surface area contributed by atoms with E-state index < -0.39 is 34.1 Å². The van der Waals surface area contributed by atoms with Crippen molar-refractivity contribution in [3.05, 3.63) is 407 Å². The maximum absolute atomic E-state index is 16.0. The molecule has 0 radical (unpaired) electrons. The fourth-order valence-electron chi connectivity index (χ4n) is 16.2. The number of furan rings is 1. The SMILES string of the molecule is C=Cc1ccc(Oc2ccc(C3(c4ccc(C(C)(C)C)cc4)c4ccccc4-c4ccc(N(c5ccc(F)c(F)c5)c5ccc6c(c5)oc5cc(N(c7ccc(F)c(F)c7)c7ccc8c(c7)C(c7ccc(Oc9ccc(C=C)cc9)cc7)(c7ccc(C(C)(C)C)cc7)c7ccccc7-8)ccc56)cc43)cc2)cc1. The smallest absolute Gasteiger partial charge is 0.160 e. The van der Waals surface area contributed by atoms with Crippen LogP contribution in [0.25, 0.3) is 56.3 Å². The Morgan fingerprint density at radius 3 is 0.953 bits per heavy atom. The average Bonchev–Trinajstić information content (AvgIpc) is 1.55. The van der Waals surface area contributed by atoms with Gasteiger partial charge in [-0.05, 0) is 221 Å². The highest BCUT2D eigenvalue weighted by Gasteiger charge is 2.49. The maximum atomic E-state index is 16.0. The molecular weight excluding hydrogens is 1330 g/mol. The molecule has 2 aliphatic rings. The molecule has 0 saturated carbocycles. The molecule has 2 unspecified atom stereocenters. The van der Waals surface area contributed by atoms with E-state index in [1.807, 2.05) is 131 Å². The number of hydrogen-bond acceptors (Lipinski definition) is 5. The summed E-state index contributed by atoms with van der Waals surface area (Å²) in [5.41, 5.74) is 19.2. The first-order valence-electron chi connectivity index (χ1n) is 36.0. The van der Waals surface area contributed by atoms with E-state index in [1.165, 1.54) is 23.3 Å². The van der Waals surface area contributed by atoms with Crippen molar-refractivity contribution in [3.8, 4) is 45.3 Å². The summed E-state index contributed by atoms with van der Waals surface area (Å²) >= 11 is 0. The number of fused-ring (bicyclic) bond motifs is 9. The van der Waals surface area contributed by atoms with Crippen LogP contribution in [0, 0.1) is 23.3 Å². The van der Waals surface area contributed by atoms with Crippen molar-refractivity contribution in [2.75, 3.05) is 9.80 Å². The molecular formula is C98H74F4N2O3. The first-order chi connectivity index (χ1) is 51.8. The van der Waals surface area contributed by atoms with Gasteiger partial charge in [0.05, 0.1) is 10.8 Å². The van der Waals surface area contributed by atoms with Crippen molar-refractivity contribution in [1.82, 2.24) is 0 Å². The molecule has 522 valence electrons. The van der Waals surface area contributed by atoms with Gasteiger partial charge in [0.1, 0.15) is 34.2 Å². The third kappa shape index (κ3) is 11.6. The van der Waals surface area contributed by atoms with E-state index in [1.54, 1.807) is 24.3 Å². The predicted molar refractivity (Wildman–Crippen MR) is 428 cm³/mol. The zero-order chi connectivity index (χ0) is 73.7. The third-order valence-corrected chi connectivity index (χ3v) is 21.5. The molecule has 0 amide bonds. The van der Waals surface area contributed by atoms with Gasteiger partial charge in [0.15, 0.2) is 23.3 Å². The molecule has 17 rings (SSSR count). The van der Waals surface area contributed by atoms with Gasteiger partial charge in [0.2, 0.25) is 0 Å². The lowest BCUT2D eigenvalue weighted by Gasteiger charge is -2.35. The van der Waals surface area contributed by atoms with Crippen molar-refractivity contribution in [2.45, 2.75) is 63.2 Å². The minimum Gasteiger partial charge on any atom is -0.457 e. The van der Waals surface area contributed by atoms with Crippen molar-refractivity contribution >= 4 is 68.2 Å². The van der Waals surface area contributed by atoms with Crippen molar-refractivity contribution in [3.63, 3.8) is 0 Å². The van der Waals surface area contributed by atoms with Gasteiger partial charge >= 0.3 is 0 Å². The molecule has 107 heavy (non-hydrogen) atoms. The van der Waals surface area contributed by atoms with Gasteiger partial charge in [-0.3, -0.25) is 0 Å². The molecule has 0 N–H and O–H groups in total. The van der Waals surface area contributed by atoms with Crippen molar-refractivity contribution in [2.24, 2.45) is 0 Å². The summed E-state index contributed by atoms with van der Waals surface area (Å²) in [6, 6.07) is 99.5. The lowest BCUT2D eigenvalue weighted by Crippen LogP contribution is -2.29. The molecule has 0 bridgehead atoms. The van der Waals surface area contributed by atoms with Gasteiger partial charge in [-0.2, -0.15) is 0 Å². The highest BCUT2D eigenvalue weighted by atomic mass is 19.2. The normalized spacial score (nSPS) is 15.0. The second-order valence-corrected chi connectivity index (χ2v) is 29.8. The van der Waals surface area contributed by atoms with Crippen LogP contribution in [0.2, 0.25) is 0 Å². The molecule has 9 heteroatoms. The number of nitrogens with zero attached hydrogens (tertiary/aromatic N) is 2. The standard InChI is InChI=1S/C98H74F4N2O3/c1-9-61-19-41-75(42-20-61)105-77-45-31-67(32-46-77)97(65-27-23-63(24-28-65)95(3,4)5)85-17-13-11-15-79(85)81-49-35-69(55-87(81)97)103(71-39-53-89(99)91(101)57-71)73-37-51-83-84-52-38-74(60-94(84)107-93(83)59-73)104(72-40-54-90(100)92(102)58-72)70-36-50-82-80-16-12-14-18-86(80)98(88(82)56-70,66-29-25-64(26-30-66)96(6,7)8)68-33-47-78(48-34-68)106-76-43-21-62(10-2)22-44-76/h9-60H,1-2H2,3-8H3. The van der Waals surface area contributed by atoms with E-state index in [9.17, 15) is 0 Å². The third-order valence-electron chi connectivity index (χ3n) is 21.5. The van der Waals surface area contributed by atoms with Crippen LogP contribution in [0.1, 0.15) is 108 Å². The Labute approximate surface area is 620 Å². The van der Waals surface area contributed by atoms with Gasteiger partial charge in [0.25, 0.3) is 0 Å². The summed E-state index contributed by atoms with van der Waals surface area (Å²) in [7, 11) is 0. The van der Waals surface area contributed by atoms with E-state index in [0.717, 1.165) is 101 Å². The zero-order valence-electron chi connectivity index (χ0n) is 60.1. The van der Waals surface area contributed by atoms with E-state index in [-0.39, 0.29) is 10.8 Å².